The van der Waals surface area contributed by atoms with Crippen LogP contribution in [0.4, 0.5) is 28.4 Å². The second-order valence-electron chi connectivity index (χ2n) is 21.2. The first kappa shape index (κ1) is 47.5. The normalized spacial score (nSPS) is 25.9. The number of amides is 1. The number of aromatic nitrogens is 2. The fraction of sp³-hybridized carbons (Fsp3) is 0.509. The number of carbonyl (C=O) groups excluding carboxylic acids is 1. The number of fused-ring (bicyclic) bond motifs is 3. The molecule has 3 atom stereocenters. The Labute approximate surface area is 414 Å². The molecule has 0 radical (unpaired) electrons. The zero-order valence-electron chi connectivity index (χ0n) is 40.5. The smallest absolute Gasteiger partial charge is 0.293 e. The Morgan fingerprint density at radius 1 is 0.944 bits per heavy atom. The SMILES string of the molecule is Cc1ccccc1[C@@H]1COCCCN1C1CC2(CCN(c3ccc(C(=O)NS(=O)(=O)c4ccc(NCC5CCC(C)(O)CC5)c([N+](=O)[O-])c4)c(N4c5cc6cc[nH]c6nc5O[C@H]5COCC[C@@H]54)c3)CC2)C1. The number of aromatic amines is 1. The lowest BCUT2D eigenvalue weighted by atomic mass is 9.59. The highest BCUT2D eigenvalue weighted by Gasteiger charge is 2.50. The van der Waals surface area contributed by atoms with Crippen molar-refractivity contribution in [1.29, 1.82) is 0 Å². The van der Waals surface area contributed by atoms with Crippen LogP contribution in [0, 0.1) is 28.4 Å². The Balaban J connectivity index is 0.868. The first-order valence-electron chi connectivity index (χ1n) is 25.3. The van der Waals surface area contributed by atoms with Crippen molar-refractivity contribution in [1.82, 2.24) is 19.6 Å². The van der Waals surface area contributed by atoms with E-state index in [1.54, 1.807) is 6.07 Å². The number of pyridine rings is 1. The van der Waals surface area contributed by atoms with Crippen LogP contribution in [0.1, 0.15) is 98.7 Å². The van der Waals surface area contributed by atoms with Crippen LogP contribution in [0.25, 0.3) is 11.0 Å². The Hall–Kier alpha value is -5.79. The van der Waals surface area contributed by atoms with Crippen molar-refractivity contribution < 1.29 is 37.5 Å². The molecule has 4 N–H and O–H groups in total. The maximum absolute atomic E-state index is 14.7. The molecule has 11 rings (SSSR count). The van der Waals surface area contributed by atoms with Crippen LogP contribution in [-0.4, -0.2) is 116 Å². The minimum Gasteiger partial charge on any atom is -0.468 e. The van der Waals surface area contributed by atoms with Gasteiger partial charge in [0.25, 0.3) is 21.6 Å². The number of hydrogen-bond donors (Lipinski definition) is 4. The van der Waals surface area contributed by atoms with E-state index in [-0.39, 0.29) is 34.7 Å². The number of hydrogen-bond acceptors (Lipinski definition) is 14. The largest absolute Gasteiger partial charge is 0.468 e. The molecule has 18 heteroatoms. The van der Waals surface area contributed by atoms with Gasteiger partial charge in [-0.2, -0.15) is 4.98 Å². The van der Waals surface area contributed by atoms with Gasteiger partial charge >= 0.3 is 0 Å². The highest BCUT2D eigenvalue weighted by molar-refractivity contribution is 7.90. The average molecular weight is 989 g/mol. The maximum atomic E-state index is 14.7. The molecule has 6 heterocycles. The summed E-state index contributed by atoms with van der Waals surface area (Å²) in [5.41, 5.74) is 4.76. The fourth-order valence-electron chi connectivity index (χ4n) is 12.3. The van der Waals surface area contributed by atoms with Crippen molar-refractivity contribution in [2.45, 2.75) is 113 Å². The molecule has 1 spiro atoms. The summed E-state index contributed by atoms with van der Waals surface area (Å²) >= 11 is 0. The third-order valence-corrected chi connectivity index (χ3v) is 17.8. The number of nitro benzene ring substituents is 1. The van der Waals surface area contributed by atoms with Gasteiger partial charge in [0.1, 0.15) is 23.1 Å². The van der Waals surface area contributed by atoms with Crippen LogP contribution in [0.5, 0.6) is 5.88 Å². The van der Waals surface area contributed by atoms with Gasteiger partial charge in [-0.05, 0) is 143 Å². The molecule has 4 aliphatic heterocycles. The first-order valence-corrected chi connectivity index (χ1v) is 26.8. The summed E-state index contributed by atoms with van der Waals surface area (Å²) < 4.78 is 49.2. The first-order chi connectivity index (χ1) is 34.2. The van der Waals surface area contributed by atoms with E-state index in [0.29, 0.717) is 74.6 Å². The lowest BCUT2D eigenvalue weighted by molar-refractivity contribution is -0.384. The van der Waals surface area contributed by atoms with Crippen molar-refractivity contribution in [3.05, 3.63) is 106 Å². The number of nitro groups is 1. The zero-order chi connectivity index (χ0) is 49.1. The van der Waals surface area contributed by atoms with E-state index in [2.05, 4.69) is 60.9 Å². The van der Waals surface area contributed by atoms with E-state index in [1.165, 1.54) is 23.3 Å². The second-order valence-corrected chi connectivity index (χ2v) is 22.8. The number of ether oxygens (including phenoxy) is 3. The number of carbonyl (C=O) groups is 1. The van der Waals surface area contributed by atoms with E-state index < -0.39 is 43.1 Å². The molecule has 71 heavy (non-hydrogen) atoms. The van der Waals surface area contributed by atoms with E-state index >= 15 is 0 Å². The number of H-pyrrole nitrogens is 1. The van der Waals surface area contributed by atoms with Crippen molar-refractivity contribution in [2.24, 2.45) is 11.3 Å². The summed E-state index contributed by atoms with van der Waals surface area (Å²) in [5, 5.41) is 26.7. The summed E-state index contributed by atoms with van der Waals surface area (Å²) in [6.07, 6.45) is 10.1. The van der Waals surface area contributed by atoms with Crippen LogP contribution in [-0.2, 0) is 19.5 Å². The van der Waals surface area contributed by atoms with E-state index in [1.807, 2.05) is 37.4 Å². The average Bonchev–Trinajstić information content (AvgIpc) is 3.68. The molecule has 5 aromatic rings. The molecule has 6 aliphatic rings. The molecule has 17 nitrogen and oxygen atoms in total. The number of anilines is 4. The summed E-state index contributed by atoms with van der Waals surface area (Å²) in [6, 6.07) is 22.3. The van der Waals surface area contributed by atoms with Gasteiger partial charge in [-0.25, -0.2) is 13.1 Å². The summed E-state index contributed by atoms with van der Waals surface area (Å²) in [5.74, 6) is -0.311. The number of nitrogens with zero attached hydrogens (tertiary/aromatic N) is 5. The zero-order valence-corrected chi connectivity index (χ0v) is 41.3. The van der Waals surface area contributed by atoms with E-state index in [0.717, 1.165) is 88.3 Å². The van der Waals surface area contributed by atoms with Gasteiger partial charge in [0, 0.05) is 68.8 Å². The van der Waals surface area contributed by atoms with Gasteiger partial charge < -0.3 is 39.4 Å². The van der Waals surface area contributed by atoms with Gasteiger partial charge in [0.05, 0.1) is 52.0 Å². The monoisotopic (exact) mass is 988 g/mol. The van der Waals surface area contributed by atoms with Gasteiger partial charge in [0.2, 0.25) is 5.88 Å². The number of rotatable bonds is 11. The molecule has 3 saturated heterocycles. The van der Waals surface area contributed by atoms with Gasteiger partial charge in [-0.3, -0.25) is 19.8 Å². The van der Waals surface area contributed by atoms with Crippen LogP contribution in [0.15, 0.2) is 83.9 Å². The highest BCUT2D eigenvalue weighted by Crippen LogP contribution is 2.54. The predicted octanol–water partition coefficient (Wildman–Crippen LogP) is 8.15. The number of aryl methyl sites for hydroxylation is 1. The lowest BCUT2D eigenvalue weighted by Gasteiger charge is -2.56. The second kappa shape index (κ2) is 19.0. The highest BCUT2D eigenvalue weighted by atomic mass is 32.2. The number of sulfonamides is 1. The Bertz CT molecular complexity index is 2920. The molecule has 5 fully saturated rings. The molecule has 2 aliphatic carbocycles. The van der Waals surface area contributed by atoms with Crippen molar-refractivity contribution in [3.63, 3.8) is 0 Å². The molecule has 0 bridgehead atoms. The molecule has 3 aromatic carbocycles. The van der Waals surface area contributed by atoms with Crippen LogP contribution >= 0.6 is 0 Å². The van der Waals surface area contributed by atoms with Gasteiger partial charge in [-0.15, -0.1) is 0 Å². The van der Waals surface area contributed by atoms with E-state index in [9.17, 15) is 28.4 Å². The Kier molecular flexibility index (Phi) is 12.7. The minimum atomic E-state index is -4.62. The van der Waals surface area contributed by atoms with Gasteiger partial charge in [-0.1, -0.05) is 24.3 Å². The summed E-state index contributed by atoms with van der Waals surface area (Å²) in [7, 11) is -4.62. The van der Waals surface area contributed by atoms with Gasteiger partial charge in [0.15, 0.2) is 0 Å². The standard InChI is InChI=1S/C53H64N8O9S/c1-34-6-3-4-7-40(34)47-32-68-24-5-21-59(47)38-29-53(30-38)18-22-58(23-19-53)37-8-10-41(44(27-37)60-43-15-25-69-33-48(43)70-51-46(60)26-36-14-20-54-49(36)56-51)50(62)57-71(66,67)39-9-11-42(45(28-39)61(64)65)55-31-35-12-16-52(2,63)17-13-35/h3-4,6-11,14,20,26-28,35,38,43,47-48,55,63H,5,12-13,15-19,21-25,29-33H2,1-2H3,(H,54,56)(H,57,62)/t35?,43-,47-,48-,52?/m0/s1. The molecular weight excluding hydrogens is 925 g/mol. The molecule has 1 amide bonds. The minimum absolute atomic E-state index is 0.115. The molecule has 0 unspecified atom stereocenters. The Morgan fingerprint density at radius 3 is 2.52 bits per heavy atom. The molecule has 2 saturated carbocycles. The summed E-state index contributed by atoms with van der Waals surface area (Å²) in [6.45, 7) is 9.39. The molecule has 2 aromatic heterocycles. The molecule has 376 valence electrons. The Morgan fingerprint density at radius 2 is 1.73 bits per heavy atom. The lowest BCUT2D eigenvalue weighted by Crippen LogP contribution is -2.56. The third-order valence-electron chi connectivity index (χ3n) is 16.5. The quantitative estimate of drug-likeness (QED) is 0.0729. The number of nitrogens with one attached hydrogen (secondary N) is 3. The predicted molar refractivity (Wildman–Crippen MR) is 270 cm³/mol. The molecular formula is C53H64N8O9S. The van der Waals surface area contributed by atoms with Crippen LogP contribution in [0.3, 0.4) is 0 Å². The fourth-order valence-corrected chi connectivity index (χ4v) is 13.3. The summed E-state index contributed by atoms with van der Waals surface area (Å²) in [4.78, 5) is 41.2. The number of aliphatic hydroxyl groups is 1. The van der Waals surface area contributed by atoms with Crippen LogP contribution < -0.4 is 24.6 Å². The number of benzene rings is 3. The van der Waals surface area contributed by atoms with Crippen LogP contribution in [0.2, 0.25) is 0 Å². The number of piperidine rings is 1. The maximum Gasteiger partial charge on any atom is 0.293 e. The van der Waals surface area contributed by atoms with Crippen molar-refractivity contribution >= 4 is 55.4 Å². The van der Waals surface area contributed by atoms with Crippen molar-refractivity contribution in [3.8, 4) is 5.88 Å². The third kappa shape index (κ3) is 9.44. The topological polar surface area (TPSA) is 205 Å². The van der Waals surface area contributed by atoms with Crippen molar-refractivity contribution in [2.75, 3.05) is 67.7 Å². The van der Waals surface area contributed by atoms with E-state index in [4.69, 9.17) is 19.2 Å².